The molecule has 0 aliphatic carbocycles. The zero-order chi connectivity index (χ0) is 19.6. The van der Waals surface area contributed by atoms with Crippen molar-refractivity contribution in [3.63, 3.8) is 0 Å². The molecule has 0 amide bonds. The Hall–Kier alpha value is -0.570. The van der Waals surface area contributed by atoms with E-state index in [0.717, 1.165) is 19.4 Å². The highest BCUT2D eigenvalue weighted by Crippen LogP contribution is 2.16. The van der Waals surface area contributed by atoms with Gasteiger partial charge in [-0.1, -0.05) is 103 Å². The molecule has 1 fully saturated rings. The SMILES string of the molecule is CCCCCCCCCCCCCCCCCCC(=O)OC1C[CH]N(C)C1. The van der Waals surface area contributed by atoms with E-state index in [4.69, 9.17) is 4.74 Å². The summed E-state index contributed by atoms with van der Waals surface area (Å²) in [4.78, 5) is 13.9. The lowest BCUT2D eigenvalue weighted by atomic mass is 10.0. The molecule has 1 heterocycles. The molecule has 159 valence electrons. The second kappa shape index (κ2) is 17.5. The van der Waals surface area contributed by atoms with Crippen molar-refractivity contribution in [2.45, 2.75) is 129 Å². The number of esters is 1. The summed E-state index contributed by atoms with van der Waals surface area (Å²) in [6.07, 6.45) is 23.3. The Morgan fingerprint density at radius 2 is 1.26 bits per heavy atom. The predicted molar refractivity (Wildman–Crippen MR) is 116 cm³/mol. The summed E-state index contributed by atoms with van der Waals surface area (Å²) in [5, 5.41) is 0. The van der Waals surface area contributed by atoms with Gasteiger partial charge in [0.1, 0.15) is 6.10 Å². The van der Waals surface area contributed by atoms with Crippen LogP contribution in [0.3, 0.4) is 0 Å². The van der Waals surface area contributed by atoms with Gasteiger partial charge in [0.2, 0.25) is 0 Å². The van der Waals surface area contributed by atoms with Crippen molar-refractivity contribution in [3.8, 4) is 0 Å². The zero-order valence-corrected chi connectivity index (χ0v) is 18.4. The van der Waals surface area contributed by atoms with Crippen LogP contribution in [0.25, 0.3) is 0 Å². The van der Waals surface area contributed by atoms with Gasteiger partial charge in [0, 0.05) is 25.9 Å². The standard InChI is InChI=1S/C24H46NO2/c1-3-4-5-6-7-8-9-10-11-12-13-14-15-16-17-18-19-24(26)27-23-20-21-25(2)22-23/h21,23H,3-20,22H2,1-2H3. The van der Waals surface area contributed by atoms with Crippen molar-refractivity contribution in [1.29, 1.82) is 0 Å². The fourth-order valence-corrected chi connectivity index (χ4v) is 3.92. The quantitative estimate of drug-likeness (QED) is 0.188. The van der Waals surface area contributed by atoms with E-state index in [0.29, 0.717) is 6.42 Å². The van der Waals surface area contributed by atoms with Gasteiger partial charge in [-0.3, -0.25) is 9.69 Å². The van der Waals surface area contributed by atoms with Gasteiger partial charge in [-0.05, 0) is 13.5 Å². The smallest absolute Gasteiger partial charge is 0.306 e. The molecule has 1 atom stereocenters. The van der Waals surface area contributed by atoms with Gasteiger partial charge in [0.15, 0.2) is 0 Å². The molecule has 0 aromatic rings. The minimum atomic E-state index is -0.00550. The van der Waals surface area contributed by atoms with Crippen LogP contribution in [0.4, 0.5) is 0 Å². The van der Waals surface area contributed by atoms with E-state index in [1.54, 1.807) is 0 Å². The van der Waals surface area contributed by atoms with Gasteiger partial charge in [-0.25, -0.2) is 0 Å². The second-order valence-corrected chi connectivity index (χ2v) is 8.52. The Labute approximate surface area is 169 Å². The first-order valence-electron chi connectivity index (χ1n) is 12.0. The molecule has 1 saturated heterocycles. The van der Waals surface area contributed by atoms with E-state index in [1.165, 1.54) is 96.3 Å². The number of carbonyl (C=O) groups is 1. The number of hydrogen-bond donors (Lipinski definition) is 0. The molecule has 0 spiro atoms. The minimum absolute atomic E-state index is 0.00550. The van der Waals surface area contributed by atoms with E-state index in [2.05, 4.69) is 18.4 Å². The molecular weight excluding hydrogens is 334 g/mol. The van der Waals surface area contributed by atoms with Crippen LogP contribution in [-0.2, 0) is 9.53 Å². The fraction of sp³-hybridized carbons (Fsp3) is 0.917. The molecule has 27 heavy (non-hydrogen) atoms. The highest BCUT2D eigenvalue weighted by atomic mass is 16.5. The number of carbonyl (C=O) groups excluding carboxylic acids is 1. The van der Waals surface area contributed by atoms with Gasteiger partial charge in [0.05, 0.1) is 0 Å². The molecule has 1 unspecified atom stereocenters. The Morgan fingerprint density at radius 1 is 0.815 bits per heavy atom. The minimum Gasteiger partial charge on any atom is -0.461 e. The zero-order valence-electron chi connectivity index (χ0n) is 18.4. The predicted octanol–water partition coefficient (Wildman–Crippen LogP) is 7.05. The second-order valence-electron chi connectivity index (χ2n) is 8.52. The third kappa shape index (κ3) is 15.1. The maximum atomic E-state index is 11.8. The van der Waals surface area contributed by atoms with Crippen molar-refractivity contribution in [3.05, 3.63) is 6.54 Å². The molecule has 3 nitrogen and oxygen atoms in total. The summed E-state index contributed by atoms with van der Waals surface area (Å²) in [6.45, 7) is 5.24. The van der Waals surface area contributed by atoms with Gasteiger partial charge >= 0.3 is 5.97 Å². The Kier molecular flexibility index (Phi) is 15.9. The van der Waals surface area contributed by atoms with Crippen LogP contribution in [-0.4, -0.2) is 30.6 Å². The van der Waals surface area contributed by atoms with E-state index < -0.39 is 0 Å². The summed E-state index contributed by atoms with van der Waals surface area (Å²) >= 11 is 0. The third-order valence-electron chi connectivity index (χ3n) is 5.70. The molecule has 0 N–H and O–H groups in total. The number of likely N-dealkylation sites (tertiary alicyclic amines) is 1. The van der Waals surface area contributed by atoms with E-state index in [9.17, 15) is 4.79 Å². The Bertz CT molecular complexity index is 345. The lowest BCUT2D eigenvalue weighted by Crippen LogP contribution is -2.21. The molecule has 0 aromatic heterocycles. The first-order chi connectivity index (χ1) is 13.2. The maximum Gasteiger partial charge on any atom is 0.306 e. The molecule has 3 heteroatoms. The Balaban J connectivity index is 1.72. The number of nitrogens with zero attached hydrogens (tertiary/aromatic N) is 1. The van der Waals surface area contributed by atoms with Crippen molar-refractivity contribution in [1.82, 2.24) is 4.90 Å². The number of rotatable bonds is 18. The molecule has 0 saturated carbocycles. The van der Waals surface area contributed by atoms with Crippen LogP contribution in [0.5, 0.6) is 0 Å². The monoisotopic (exact) mass is 380 g/mol. The van der Waals surface area contributed by atoms with Crippen molar-refractivity contribution in [2.24, 2.45) is 0 Å². The van der Waals surface area contributed by atoms with Crippen LogP contribution in [0, 0.1) is 6.54 Å². The highest BCUT2D eigenvalue weighted by molar-refractivity contribution is 5.69. The summed E-state index contributed by atoms with van der Waals surface area (Å²) in [7, 11) is 2.03. The van der Waals surface area contributed by atoms with E-state index in [-0.39, 0.29) is 12.1 Å². The van der Waals surface area contributed by atoms with Crippen LogP contribution in [0.2, 0.25) is 0 Å². The van der Waals surface area contributed by atoms with Crippen LogP contribution < -0.4 is 0 Å². The lowest BCUT2D eigenvalue weighted by Gasteiger charge is -2.12. The van der Waals surface area contributed by atoms with E-state index in [1.807, 2.05) is 7.05 Å². The van der Waals surface area contributed by atoms with Crippen LogP contribution in [0.1, 0.15) is 122 Å². The first-order valence-corrected chi connectivity index (χ1v) is 12.0. The lowest BCUT2D eigenvalue weighted by molar-refractivity contribution is -0.148. The van der Waals surface area contributed by atoms with Gasteiger partial charge < -0.3 is 4.74 Å². The molecule has 1 aliphatic rings. The van der Waals surface area contributed by atoms with Crippen molar-refractivity contribution in [2.75, 3.05) is 13.6 Å². The number of ether oxygens (including phenoxy) is 1. The molecule has 0 bridgehead atoms. The topological polar surface area (TPSA) is 29.5 Å². The molecule has 1 radical (unpaired) electrons. The summed E-state index contributed by atoms with van der Waals surface area (Å²) in [5.74, 6) is -0.00550. The largest absolute Gasteiger partial charge is 0.461 e. The average molecular weight is 381 g/mol. The van der Waals surface area contributed by atoms with Crippen molar-refractivity contribution >= 4 is 5.97 Å². The fourth-order valence-electron chi connectivity index (χ4n) is 3.92. The number of unbranched alkanes of at least 4 members (excludes halogenated alkanes) is 15. The Morgan fingerprint density at radius 3 is 1.67 bits per heavy atom. The van der Waals surface area contributed by atoms with Crippen molar-refractivity contribution < 1.29 is 9.53 Å². The normalized spacial score (nSPS) is 17.5. The number of likely N-dealkylation sites (N-methyl/N-ethyl adjacent to an activating group) is 1. The molecule has 0 aromatic carbocycles. The van der Waals surface area contributed by atoms with Gasteiger partial charge in [0.25, 0.3) is 0 Å². The van der Waals surface area contributed by atoms with Crippen LogP contribution in [0.15, 0.2) is 0 Å². The van der Waals surface area contributed by atoms with Gasteiger partial charge in [-0.15, -0.1) is 0 Å². The third-order valence-corrected chi connectivity index (χ3v) is 5.70. The maximum absolute atomic E-state index is 11.8. The summed E-state index contributed by atoms with van der Waals surface area (Å²) in [5.41, 5.74) is 0. The molecule has 1 aliphatic heterocycles. The molecular formula is C24H46NO2. The van der Waals surface area contributed by atoms with Gasteiger partial charge in [-0.2, -0.15) is 0 Å². The first kappa shape index (κ1) is 24.5. The average Bonchev–Trinajstić information content (AvgIpc) is 3.06. The van der Waals surface area contributed by atoms with E-state index >= 15 is 0 Å². The number of hydrogen-bond acceptors (Lipinski definition) is 3. The summed E-state index contributed by atoms with van der Waals surface area (Å²) < 4.78 is 5.49. The molecule has 1 rings (SSSR count). The highest BCUT2D eigenvalue weighted by Gasteiger charge is 2.22. The van der Waals surface area contributed by atoms with Crippen LogP contribution >= 0.6 is 0 Å². The summed E-state index contributed by atoms with van der Waals surface area (Å²) in [6, 6.07) is 0.